The maximum Gasteiger partial charge on any atom is 0.124 e. The Balaban J connectivity index is 2.13. The summed E-state index contributed by atoms with van der Waals surface area (Å²) in [4.78, 5) is 5.34. The average molecular weight is 262 g/mol. The highest BCUT2D eigenvalue weighted by molar-refractivity contribution is 7.11. The zero-order valence-electron chi connectivity index (χ0n) is 10.9. The monoisotopic (exact) mass is 262 g/mol. The molecular formula is C14H18N2OS. The van der Waals surface area contributed by atoms with Crippen LogP contribution >= 0.6 is 11.3 Å². The van der Waals surface area contributed by atoms with Crippen molar-refractivity contribution < 1.29 is 4.74 Å². The number of benzene rings is 1. The molecule has 96 valence electrons. The second-order valence-corrected chi connectivity index (χ2v) is 5.78. The van der Waals surface area contributed by atoms with E-state index >= 15 is 0 Å². The third-order valence-corrected chi connectivity index (χ3v) is 3.58. The van der Waals surface area contributed by atoms with Gasteiger partial charge in [-0.25, -0.2) is 4.98 Å². The SMILES string of the molecule is Cc1ccc(OCc2cnc(C)s2)c([C@H](C)N)c1. The quantitative estimate of drug-likeness (QED) is 0.919. The van der Waals surface area contributed by atoms with Gasteiger partial charge in [-0.05, 0) is 26.8 Å². The van der Waals surface area contributed by atoms with Crippen LogP contribution in [-0.4, -0.2) is 4.98 Å². The number of aromatic nitrogens is 1. The van der Waals surface area contributed by atoms with Crippen molar-refractivity contribution in [3.8, 4) is 5.75 Å². The van der Waals surface area contributed by atoms with E-state index in [1.807, 2.05) is 32.2 Å². The van der Waals surface area contributed by atoms with Gasteiger partial charge in [-0.2, -0.15) is 0 Å². The fourth-order valence-electron chi connectivity index (χ4n) is 1.78. The molecular weight excluding hydrogens is 244 g/mol. The molecule has 1 aromatic carbocycles. The van der Waals surface area contributed by atoms with Crippen LogP contribution < -0.4 is 10.5 Å². The molecule has 0 spiro atoms. The first kappa shape index (κ1) is 13.1. The van der Waals surface area contributed by atoms with E-state index in [1.54, 1.807) is 11.3 Å². The van der Waals surface area contributed by atoms with Crippen molar-refractivity contribution in [2.45, 2.75) is 33.4 Å². The molecule has 1 heterocycles. The fraction of sp³-hybridized carbons (Fsp3) is 0.357. The number of nitrogens with zero attached hydrogens (tertiary/aromatic N) is 1. The summed E-state index contributed by atoms with van der Waals surface area (Å²) >= 11 is 1.66. The predicted molar refractivity (Wildman–Crippen MR) is 75.0 cm³/mol. The van der Waals surface area contributed by atoms with E-state index in [0.29, 0.717) is 6.61 Å². The Morgan fingerprint density at radius 3 is 2.78 bits per heavy atom. The van der Waals surface area contributed by atoms with Gasteiger partial charge >= 0.3 is 0 Å². The Hall–Kier alpha value is -1.39. The van der Waals surface area contributed by atoms with Crippen molar-refractivity contribution in [2.24, 2.45) is 5.73 Å². The Morgan fingerprint density at radius 1 is 1.39 bits per heavy atom. The van der Waals surface area contributed by atoms with E-state index in [-0.39, 0.29) is 6.04 Å². The van der Waals surface area contributed by atoms with Gasteiger partial charge in [0, 0.05) is 17.8 Å². The summed E-state index contributed by atoms with van der Waals surface area (Å²) < 4.78 is 5.84. The van der Waals surface area contributed by atoms with E-state index in [2.05, 4.69) is 18.0 Å². The van der Waals surface area contributed by atoms with E-state index in [9.17, 15) is 0 Å². The molecule has 0 aliphatic rings. The molecule has 1 atom stereocenters. The van der Waals surface area contributed by atoms with Crippen LogP contribution in [0.1, 0.15) is 34.0 Å². The Bertz CT molecular complexity index is 534. The topological polar surface area (TPSA) is 48.1 Å². The van der Waals surface area contributed by atoms with Gasteiger partial charge in [0.2, 0.25) is 0 Å². The number of aryl methyl sites for hydroxylation is 2. The highest BCUT2D eigenvalue weighted by atomic mass is 32.1. The lowest BCUT2D eigenvalue weighted by Crippen LogP contribution is -2.08. The molecule has 0 aliphatic heterocycles. The maximum absolute atomic E-state index is 5.97. The molecule has 0 saturated heterocycles. The van der Waals surface area contributed by atoms with Crippen LogP contribution in [0.4, 0.5) is 0 Å². The van der Waals surface area contributed by atoms with Crippen LogP contribution in [0.5, 0.6) is 5.75 Å². The number of thiazole rings is 1. The second-order valence-electron chi connectivity index (χ2n) is 4.46. The molecule has 0 bridgehead atoms. The van der Waals surface area contributed by atoms with Crippen molar-refractivity contribution >= 4 is 11.3 Å². The second kappa shape index (κ2) is 5.50. The third kappa shape index (κ3) is 3.09. The lowest BCUT2D eigenvalue weighted by molar-refractivity contribution is 0.304. The van der Waals surface area contributed by atoms with Gasteiger partial charge in [-0.3, -0.25) is 0 Å². The van der Waals surface area contributed by atoms with Gasteiger partial charge in [-0.15, -0.1) is 11.3 Å². The summed E-state index contributed by atoms with van der Waals surface area (Å²) in [5.41, 5.74) is 8.22. The largest absolute Gasteiger partial charge is 0.488 e. The number of nitrogens with two attached hydrogens (primary N) is 1. The van der Waals surface area contributed by atoms with Gasteiger partial charge in [0.25, 0.3) is 0 Å². The molecule has 2 aromatic rings. The minimum Gasteiger partial charge on any atom is -0.488 e. The highest BCUT2D eigenvalue weighted by Crippen LogP contribution is 2.26. The van der Waals surface area contributed by atoms with Crippen molar-refractivity contribution in [1.82, 2.24) is 4.98 Å². The van der Waals surface area contributed by atoms with Crippen molar-refractivity contribution in [3.05, 3.63) is 45.4 Å². The first-order chi connectivity index (χ1) is 8.56. The number of hydrogen-bond acceptors (Lipinski definition) is 4. The van der Waals surface area contributed by atoms with Crippen LogP contribution in [0.25, 0.3) is 0 Å². The van der Waals surface area contributed by atoms with Gasteiger partial charge in [-0.1, -0.05) is 17.7 Å². The third-order valence-electron chi connectivity index (χ3n) is 2.69. The molecule has 0 fully saturated rings. The lowest BCUT2D eigenvalue weighted by Gasteiger charge is -2.14. The van der Waals surface area contributed by atoms with Crippen molar-refractivity contribution in [1.29, 1.82) is 0 Å². The van der Waals surface area contributed by atoms with Crippen molar-refractivity contribution in [2.75, 3.05) is 0 Å². The fourth-order valence-corrected chi connectivity index (χ4v) is 2.48. The molecule has 0 saturated carbocycles. The molecule has 0 aliphatic carbocycles. The van der Waals surface area contributed by atoms with Crippen LogP contribution in [0, 0.1) is 13.8 Å². The molecule has 2 N–H and O–H groups in total. The van der Waals surface area contributed by atoms with E-state index < -0.39 is 0 Å². The minimum atomic E-state index is -0.0249. The van der Waals surface area contributed by atoms with Gasteiger partial charge in [0.1, 0.15) is 12.4 Å². The Morgan fingerprint density at radius 2 is 2.17 bits per heavy atom. The summed E-state index contributed by atoms with van der Waals surface area (Å²) in [5, 5.41) is 1.06. The molecule has 0 unspecified atom stereocenters. The summed E-state index contributed by atoms with van der Waals surface area (Å²) in [6.07, 6.45) is 1.86. The van der Waals surface area contributed by atoms with E-state index in [0.717, 1.165) is 21.2 Å². The zero-order valence-corrected chi connectivity index (χ0v) is 11.8. The van der Waals surface area contributed by atoms with E-state index in [4.69, 9.17) is 10.5 Å². The van der Waals surface area contributed by atoms with E-state index in [1.165, 1.54) is 5.56 Å². The number of ether oxygens (including phenoxy) is 1. The molecule has 3 nitrogen and oxygen atoms in total. The lowest BCUT2D eigenvalue weighted by atomic mass is 10.1. The summed E-state index contributed by atoms with van der Waals surface area (Å²) in [5.74, 6) is 0.863. The van der Waals surface area contributed by atoms with Crippen LogP contribution in [0.2, 0.25) is 0 Å². The Labute approximate surface area is 112 Å². The summed E-state index contributed by atoms with van der Waals surface area (Å²) in [7, 11) is 0. The molecule has 0 amide bonds. The molecule has 18 heavy (non-hydrogen) atoms. The zero-order chi connectivity index (χ0) is 13.1. The normalized spacial score (nSPS) is 12.4. The molecule has 0 radical (unpaired) electrons. The van der Waals surface area contributed by atoms with Crippen LogP contribution in [0.15, 0.2) is 24.4 Å². The molecule has 2 rings (SSSR count). The summed E-state index contributed by atoms with van der Waals surface area (Å²) in [6, 6.07) is 6.09. The average Bonchev–Trinajstić information content (AvgIpc) is 2.73. The van der Waals surface area contributed by atoms with Gasteiger partial charge < -0.3 is 10.5 Å². The Kier molecular flexibility index (Phi) is 3.99. The standard InChI is InChI=1S/C14H18N2OS/c1-9-4-5-14(13(6-9)10(2)15)17-8-12-7-16-11(3)18-12/h4-7,10H,8,15H2,1-3H3/t10-/m0/s1. The molecule has 1 aromatic heterocycles. The first-order valence-corrected chi connectivity index (χ1v) is 6.78. The van der Waals surface area contributed by atoms with Crippen molar-refractivity contribution in [3.63, 3.8) is 0 Å². The predicted octanol–water partition coefficient (Wildman–Crippen LogP) is 3.36. The number of hydrogen-bond donors (Lipinski definition) is 1. The summed E-state index contributed by atoms with van der Waals surface area (Å²) in [6.45, 7) is 6.57. The van der Waals surface area contributed by atoms with Gasteiger partial charge in [0.05, 0.1) is 9.88 Å². The minimum absolute atomic E-state index is 0.0249. The van der Waals surface area contributed by atoms with Crippen LogP contribution in [-0.2, 0) is 6.61 Å². The first-order valence-electron chi connectivity index (χ1n) is 5.96. The highest BCUT2D eigenvalue weighted by Gasteiger charge is 2.09. The van der Waals surface area contributed by atoms with Gasteiger partial charge in [0.15, 0.2) is 0 Å². The smallest absolute Gasteiger partial charge is 0.124 e. The molecule has 4 heteroatoms. The number of rotatable bonds is 4. The maximum atomic E-state index is 5.97. The van der Waals surface area contributed by atoms with Crippen LogP contribution in [0.3, 0.4) is 0 Å².